The zero-order chi connectivity index (χ0) is 20.1. The summed E-state index contributed by atoms with van der Waals surface area (Å²) in [6.07, 6.45) is 2.01. The fourth-order valence-electron chi connectivity index (χ4n) is 3.58. The number of sulfonamides is 1. The van der Waals surface area contributed by atoms with Crippen molar-refractivity contribution in [3.63, 3.8) is 0 Å². The Morgan fingerprint density at radius 1 is 1.25 bits per heavy atom. The number of likely N-dealkylation sites (tertiary alicyclic amines) is 1. The highest BCUT2D eigenvalue weighted by Gasteiger charge is 2.35. The minimum Gasteiger partial charge on any atom is -0.393 e. The van der Waals surface area contributed by atoms with Crippen molar-refractivity contribution in [2.45, 2.75) is 42.8 Å². The van der Waals surface area contributed by atoms with Crippen molar-refractivity contribution in [1.82, 2.24) is 9.21 Å². The Morgan fingerprint density at radius 3 is 2.71 bits per heavy atom. The molecule has 1 atom stereocenters. The number of hydrogen-bond acceptors (Lipinski definition) is 7. The minimum absolute atomic E-state index is 0.0588. The summed E-state index contributed by atoms with van der Waals surface area (Å²) >= 11 is 1.16. The second kappa shape index (κ2) is 9.64. The van der Waals surface area contributed by atoms with Gasteiger partial charge in [0.05, 0.1) is 25.4 Å². The summed E-state index contributed by atoms with van der Waals surface area (Å²) in [4.78, 5) is 15.1. The molecule has 1 unspecified atom stereocenters. The highest BCUT2D eigenvalue weighted by Crippen LogP contribution is 2.29. The Labute approximate surface area is 170 Å². The fourth-order valence-corrected chi connectivity index (χ4v) is 6.41. The SMILES string of the molecule is COCCOC1CCCN(C(=O)c2sccc2S(=O)(=O)N2CCC(O)CC2)C1. The smallest absolute Gasteiger partial charge is 0.265 e. The van der Waals surface area contributed by atoms with E-state index in [0.717, 1.165) is 24.2 Å². The van der Waals surface area contributed by atoms with Gasteiger partial charge in [0.2, 0.25) is 10.0 Å². The molecule has 10 heteroatoms. The van der Waals surface area contributed by atoms with E-state index in [-0.39, 0.29) is 34.9 Å². The molecular formula is C18H28N2O6S2. The van der Waals surface area contributed by atoms with Crippen molar-refractivity contribution in [3.05, 3.63) is 16.3 Å². The van der Waals surface area contributed by atoms with Crippen LogP contribution in [0.1, 0.15) is 35.4 Å². The Kier molecular flexibility index (Phi) is 7.46. The molecule has 2 fully saturated rings. The maximum absolute atomic E-state index is 13.1. The molecule has 0 aliphatic carbocycles. The first-order chi connectivity index (χ1) is 13.4. The van der Waals surface area contributed by atoms with Crippen molar-refractivity contribution in [3.8, 4) is 0 Å². The molecule has 1 N–H and O–H groups in total. The number of amides is 1. The Morgan fingerprint density at radius 2 is 2.00 bits per heavy atom. The van der Waals surface area contributed by atoms with E-state index in [9.17, 15) is 18.3 Å². The molecule has 2 aliphatic heterocycles. The van der Waals surface area contributed by atoms with Crippen molar-refractivity contribution < 1.29 is 27.8 Å². The lowest BCUT2D eigenvalue weighted by atomic mass is 10.1. The third-order valence-electron chi connectivity index (χ3n) is 5.17. The number of carbonyl (C=O) groups excluding carboxylic acids is 1. The summed E-state index contributed by atoms with van der Waals surface area (Å²) in [5.41, 5.74) is 0. The first kappa shape index (κ1) is 21.7. The number of aliphatic hydroxyl groups is 1. The molecule has 2 aliphatic rings. The molecule has 3 rings (SSSR count). The third kappa shape index (κ3) is 4.92. The highest BCUT2D eigenvalue weighted by molar-refractivity contribution is 7.89. The van der Waals surface area contributed by atoms with Crippen molar-refractivity contribution in [2.75, 3.05) is 46.5 Å². The van der Waals surface area contributed by atoms with Gasteiger partial charge in [-0.3, -0.25) is 4.79 Å². The molecule has 2 saturated heterocycles. The largest absolute Gasteiger partial charge is 0.393 e. The first-order valence-electron chi connectivity index (χ1n) is 9.59. The molecule has 0 aromatic carbocycles. The lowest BCUT2D eigenvalue weighted by molar-refractivity contribution is -0.0171. The van der Waals surface area contributed by atoms with Crippen LogP contribution < -0.4 is 0 Å². The average Bonchev–Trinajstić information content (AvgIpc) is 3.19. The average molecular weight is 433 g/mol. The Balaban J connectivity index is 1.71. The lowest BCUT2D eigenvalue weighted by Gasteiger charge is -2.33. The molecule has 8 nitrogen and oxygen atoms in total. The van der Waals surface area contributed by atoms with Gasteiger partial charge in [0.15, 0.2) is 0 Å². The number of nitrogens with zero attached hydrogens (tertiary/aromatic N) is 2. The summed E-state index contributed by atoms with van der Waals surface area (Å²) in [6.45, 7) is 2.56. The topological polar surface area (TPSA) is 96.4 Å². The standard InChI is InChI=1S/C18H28N2O6S2/c1-25-10-11-26-15-3-2-7-19(13-15)18(22)17-16(6-12-27-17)28(23,24)20-8-4-14(21)5-9-20/h6,12,14-15,21H,2-5,7-11,13H2,1H3. The van der Waals surface area contributed by atoms with Crippen molar-refractivity contribution in [1.29, 1.82) is 0 Å². The van der Waals surface area contributed by atoms with Gasteiger partial charge in [-0.05, 0) is 37.1 Å². The molecule has 158 valence electrons. The summed E-state index contributed by atoms with van der Waals surface area (Å²) in [5, 5.41) is 11.3. The van der Waals surface area contributed by atoms with E-state index in [1.165, 1.54) is 10.4 Å². The Hall–Kier alpha value is -1.04. The number of methoxy groups -OCH3 is 1. The van der Waals surface area contributed by atoms with Gasteiger partial charge >= 0.3 is 0 Å². The highest BCUT2D eigenvalue weighted by atomic mass is 32.2. The number of aliphatic hydroxyl groups excluding tert-OH is 1. The zero-order valence-corrected chi connectivity index (χ0v) is 17.7. The van der Waals surface area contributed by atoms with Crippen LogP contribution in [-0.2, 0) is 19.5 Å². The van der Waals surface area contributed by atoms with Crippen LogP contribution in [0, 0.1) is 0 Å². The quantitative estimate of drug-likeness (QED) is 0.650. The lowest BCUT2D eigenvalue weighted by Crippen LogP contribution is -2.44. The molecule has 3 heterocycles. The molecule has 0 radical (unpaired) electrons. The molecule has 1 amide bonds. The van der Waals surface area contributed by atoms with Crippen molar-refractivity contribution in [2.24, 2.45) is 0 Å². The van der Waals surface area contributed by atoms with Crippen LogP contribution in [0.15, 0.2) is 16.3 Å². The summed E-state index contributed by atoms with van der Waals surface area (Å²) < 4.78 is 38.2. The molecular weight excluding hydrogens is 404 g/mol. The summed E-state index contributed by atoms with van der Waals surface area (Å²) in [5.74, 6) is -0.259. The maximum atomic E-state index is 13.1. The van der Waals surface area contributed by atoms with Crippen LogP contribution in [0.3, 0.4) is 0 Å². The van der Waals surface area contributed by atoms with E-state index in [1.807, 2.05) is 0 Å². The first-order valence-corrected chi connectivity index (χ1v) is 11.9. The molecule has 0 spiro atoms. The number of carbonyl (C=O) groups is 1. The Bertz CT molecular complexity index is 758. The molecule has 0 bridgehead atoms. The van der Waals surface area contributed by atoms with E-state index >= 15 is 0 Å². The number of rotatable bonds is 7. The number of thiophene rings is 1. The van der Waals surface area contributed by atoms with E-state index in [4.69, 9.17) is 9.47 Å². The van der Waals surface area contributed by atoms with Crippen LogP contribution >= 0.6 is 11.3 Å². The van der Waals surface area contributed by atoms with Gasteiger partial charge in [0.1, 0.15) is 9.77 Å². The van der Waals surface area contributed by atoms with Crippen LogP contribution in [0.2, 0.25) is 0 Å². The maximum Gasteiger partial charge on any atom is 0.265 e. The monoisotopic (exact) mass is 432 g/mol. The zero-order valence-electron chi connectivity index (χ0n) is 16.1. The van der Waals surface area contributed by atoms with Gasteiger partial charge in [-0.2, -0.15) is 4.31 Å². The molecule has 1 aromatic rings. The van der Waals surface area contributed by atoms with E-state index in [1.54, 1.807) is 17.4 Å². The normalized spacial score (nSPS) is 22.5. The summed E-state index contributed by atoms with van der Waals surface area (Å²) in [6, 6.07) is 1.51. The van der Waals surface area contributed by atoms with Crippen LogP contribution in [0.25, 0.3) is 0 Å². The molecule has 28 heavy (non-hydrogen) atoms. The minimum atomic E-state index is -3.75. The van der Waals surface area contributed by atoms with Gasteiger partial charge in [0.25, 0.3) is 5.91 Å². The number of piperidine rings is 2. The number of hydrogen-bond donors (Lipinski definition) is 1. The van der Waals surface area contributed by atoms with Crippen LogP contribution in [0.4, 0.5) is 0 Å². The van der Waals surface area contributed by atoms with Crippen molar-refractivity contribution >= 4 is 27.3 Å². The third-order valence-corrected chi connectivity index (χ3v) is 8.14. The van der Waals surface area contributed by atoms with Gasteiger partial charge < -0.3 is 19.5 Å². The van der Waals surface area contributed by atoms with E-state index in [0.29, 0.717) is 39.1 Å². The summed E-state index contributed by atoms with van der Waals surface area (Å²) in [7, 11) is -2.14. The van der Waals surface area contributed by atoms with Gasteiger partial charge in [-0.15, -0.1) is 11.3 Å². The second-order valence-corrected chi connectivity index (χ2v) is 9.95. The van der Waals surface area contributed by atoms with Gasteiger partial charge in [0, 0.05) is 33.3 Å². The van der Waals surface area contributed by atoms with Gasteiger partial charge in [-0.1, -0.05) is 0 Å². The van der Waals surface area contributed by atoms with E-state index < -0.39 is 16.1 Å². The predicted molar refractivity (Wildman–Crippen MR) is 105 cm³/mol. The number of ether oxygens (including phenoxy) is 2. The van der Waals surface area contributed by atoms with E-state index in [2.05, 4.69) is 0 Å². The predicted octanol–water partition coefficient (Wildman–Crippen LogP) is 1.16. The fraction of sp³-hybridized carbons (Fsp3) is 0.722. The van der Waals surface area contributed by atoms with Crippen LogP contribution in [-0.4, -0.2) is 87.3 Å². The second-order valence-electron chi connectivity index (χ2n) is 7.13. The molecule has 1 aromatic heterocycles. The van der Waals surface area contributed by atoms with Gasteiger partial charge in [-0.25, -0.2) is 8.42 Å². The molecule has 0 saturated carbocycles. The van der Waals surface area contributed by atoms with Crippen LogP contribution in [0.5, 0.6) is 0 Å².